The second kappa shape index (κ2) is 7.17. The van der Waals surface area contributed by atoms with E-state index < -0.39 is 0 Å². The lowest BCUT2D eigenvalue weighted by Gasteiger charge is -2.06. The summed E-state index contributed by atoms with van der Waals surface area (Å²) in [5.74, 6) is 5.55. The first-order valence-corrected chi connectivity index (χ1v) is 6.48. The average Bonchev–Trinajstić information content (AvgIpc) is 2.50. The Kier molecular flexibility index (Phi) is 5.02. The molecule has 1 aromatic carbocycles. The van der Waals surface area contributed by atoms with Gasteiger partial charge in [-0.05, 0) is 30.7 Å². The molecular weight excluding hydrogens is 266 g/mol. The summed E-state index contributed by atoms with van der Waals surface area (Å²) in [6.07, 6.45) is 4.85. The summed E-state index contributed by atoms with van der Waals surface area (Å²) < 4.78 is 0. The van der Waals surface area contributed by atoms with Gasteiger partial charge in [-0.25, -0.2) is 4.98 Å². The van der Waals surface area contributed by atoms with Gasteiger partial charge in [-0.1, -0.05) is 11.8 Å². The van der Waals surface area contributed by atoms with Crippen molar-refractivity contribution in [3.8, 4) is 11.8 Å². The predicted molar refractivity (Wildman–Crippen MR) is 79.7 cm³/mol. The van der Waals surface area contributed by atoms with E-state index in [0.29, 0.717) is 12.1 Å². The molecule has 1 heterocycles. The van der Waals surface area contributed by atoms with Gasteiger partial charge in [0.25, 0.3) is 5.91 Å². The van der Waals surface area contributed by atoms with Gasteiger partial charge in [-0.3, -0.25) is 9.78 Å². The zero-order chi connectivity index (χ0) is 15.1. The highest BCUT2D eigenvalue weighted by atomic mass is 16.2. The minimum Gasteiger partial charge on any atom is -0.395 e. The molecule has 0 fully saturated rings. The molecule has 0 unspecified atom stereocenters. The number of carbonyl (C=O) groups is 1. The lowest BCUT2D eigenvalue weighted by atomic mass is 10.1. The Labute approximate surface area is 123 Å². The molecule has 0 radical (unpaired) electrons. The molecular formula is C16H15N3O2. The van der Waals surface area contributed by atoms with Crippen molar-refractivity contribution in [2.24, 2.45) is 0 Å². The number of aromatic nitrogens is 2. The molecule has 2 rings (SSSR count). The lowest BCUT2D eigenvalue weighted by Crippen LogP contribution is -2.13. The van der Waals surface area contributed by atoms with Crippen molar-refractivity contribution < 1.29 is 9.90 Å². The third-order valence-corrected chi connectivity index (χ3v) is 2.74. The Bertz CT molecular complexity index is 688. The van der Waals surface area contributed by atoms with Crippen LogP contribution in [0.15, 0.2) is 36.8 Å². The number of aliphatic hydroxyl groups excluding tert-OH is 1. The van der Waals surface area contributed by atoms with Crippen molar-refractivity contribution in [1.82, 2.24) is 9.97 Å². The van der Waals surface area contributed by atoms with Crippen LogP contribution in [-0.4, -0.2) is 27.6 Å². The molecule has 0 aliphatic heterocycles. The van der Waals surface area contributed by atoms with Crippen LogP contribution in [0.1, 0.15) is 28.0 Å². The monoisotopic (exact) mass is 281 g/mol. The first kappa shape index (κ1) is 14.7. The van der Waals surface area contributed by atoms with Crippen LogP contribution in [0.25, 0.3) is 0 Å². The second-order valence-corrected chi connectivity index (χ2v) is 4.35. The predicted octanol–water partition coefficient (Wildman–Crippen LogP) is 1.77. The van der Waals surface area contributed by atoms with Crippen LogP contribution in [0.3, 0.4) is 0 Å². The number of anilines is 1. The third-order valence-electron chi connectivity index (χ3n) is 2.74. The van der Waals surface area contributed by atoms with Gasteiger partial charge >= 0.3 is 0 Å². The zero-order valence-corrected chi connectivity index (χ0v) is 11.6. The number of nitrogens with zero attached hydrogens (tertiary/aromatic N) is 2. The van der Waals surface area contributed by atoms with E-state index in [0.717, 1.165) is 11.1 Å². The van der Waals surface area contributed by atoms with E-state index in [2.05, 4.69) is 27.1 Å². The molecule has 1 aromatic heterocycles. The van der Waals surface area contributed by atoms with E-state index in [9.17, 15) is 4.79 Å². The van der Waals surface area contributed by atoms with E-state index in [1.54, 1.807) is 6.07 Å². The van der Waals surface area contributed by atoms with Crippen molar-refractivity contribution in [1.29, 1.82) is 0 Å². The molecule has 2 N–H and O–H groups in total. The van der Waals surface area contributed by atoms with Crippen LogP contribution in [-0.2, 0) is 0 Å². The second-order valence-electron chi connectivity index (χ2n) is 4.35. The van der Waals surface area contributed by atoms with Gasteiger partial charge in [-0.2, -0.15) is 0 Å². The minimum atomic E-state index is -0.304. The topological polar surface area (TPSA) is 75.1 Å². The number of aliphatic hydroxyl groups is 1. The molecule has 0 aliphatic rings. The quantitative estimate of drug-likeness (QED) is 0.841. The molecule has 0 aliphatic carbocycles. The Balaban J connectivity index is 2.11. The van der Waals surface area contributed by atoms with Crippen LogP contribution in [0.4, 0.5) is 5.69 Å². The van der Waals surface area contributed by atoms with Crippen LogP contribution >= 0.6 is 0 Å². The van der Waals surface area contributed by atoms with Crippen molar-refractivity contribution in [3.63, 3.8) is 0 Å². The molecule has 0 bridgehead atoms. The van der Waals surface area contributed by atoms with E-state index in [-0.39, 0.29) is 18.2 Å². The standard InChI is InChI=1S/C16H15N3O2/c1-12-10-14(6-5-13(12)4-2-3-9-20)19-16(21)15-11-17-7-8-18-15/h5-8,10-11,20H,3,9H2,1H3,(H,19,21). The van der Waals surface area contributed by atoms with E-state index in [1.165, 1.54) is 18.6 Å². The van der Waals surface area contributed by atoms with E-state index in [1.807, 2.05) is 19.1 Å². The van der Waals surface area contributed by atoms with Gasteiger partial charge in [0.2, 0.25) is 0 Å². The van der Waals surface area contributed by atoms with Gasteiger partial charge < -0.3 is 10.4 Å². The highest BCUT2D eigenvalue weighted by Crippen LogP contribution is 2.15. The first-order chi connectivity index (χ1) is 10.2. The summed E-state index contributed by atoms with van der Waals surface area (Å²) in [7, 11) is 0. The van der Waals surface area contributed by atoms with Gasteiger partial charge in [0.1, 0.15) is 5.69 Å². The van der Waals surface area contributed by atoms with E-state index >= 15 is 0 Å². The maximum absolute atomic E-state index is 12.0. The van der Waals surface area contributed by atoms with Gasteiger partial charge in [0, 0.05) is 30.1 Å². The number of nitrogens with one attached hydrogen (secondary N) is 1. The van der Waals surface area contributed by atoms with Crippen molar-refractivity contribution in [2.45, 2.75) is 13.3 Å². The molecule has 0 spiro atoms. The SMILES string of the molecule is Cc1cc(NC(=O)c2cnccn2)ccc1C#CCCO. The summed E-state index contributed by atoms with van der Waals surface area (Å²) in [4.78, 5) is 19.8. The number of amides is 1. The fraction of sp³-hybridized carbons (Fsp3) is 0.188. The number of hydrogen-bond donors (Lipinski definition) is 2. The minimum absolute atomic E-state index is 0.0539. The Morgan fingerprint density at radius 3 is 2.90 bits per heavy atom. The number of carbonyl (C=O) groups excluding carboxylic acids is 1. The first-order valence-electron chi connectivity index (χ1n) is 6.48. The third kappa shape index (κ3) is 4.13. The summed E-state index contributed by atoms with van der Waals surface area (Å²) in [5, 5.41) is 11.5. The maximum atomic E-state index is 12.0. The highest BCUT2D eigenvalue weighted by molar-refractivity contribution is 6.02. The molecule has 2 aromatic rings. The average molecular weight is 281 g/mol. The number of hydrogen-bond acceptors (Lipinski definition) is 4. The Morgan fingerprint density at radius 1 is 1.38 bits per heavy atom. The number of aryl methyl sites for hydroxylation is 1. The normalized spacial score (nSPS) is 9.62. The largest absolute Gasteiger partial charge is 0.395 e. The summed E-state index contributed by atoms with van der Waals surface area (Å²) in [6, 6.07) is 5.47. The van der Waals surface area contributed by atoms with E-state index in [4.69, 9.17) is 5.11 Å². The fourth-order valence-corrected chi connectivity index (χ4v) is 1.71. The van der Waals surface area contributed by atoms with Gasteiger partial charge in [0.05, 0.1) is 12.8 Å². The van der Waals surface area contributed by atoms with Crippen molar-refractivity contribution in [2.75, 3.05) is 11.9 Å². The summed E-state index contributed by atoms with van der Waals surface area (Å²) in [5.41, 5.74) is 2.77. The van der Waals surface area contributed by atoms with Crippen LogP contribution < -0.4 is 5.32 Å². The zero-order valence-electron chi connectivity index (χ0n) is 11.6. The molecule has 0 atom stereocenters. The Hall–Kier alpha value is -2.71. The summed E-state index contributed by atoms with van der Waals surface area (Å²) in [6.45, 7) is 1.97. The Morgan fingerprint density at radius 2 is 2.24 bits per heavy atom. The molecule has 0 saturated heterocycles. The van der Waals surface area contributed by atoms with Gasteiger partial charge in [-0.15, -0.1) is 0 Å². The van der Waals surface area contributed by atoms with Crippen molar-refractivity contribution in [3.05, 3.63) is 53.6 Å². The number of benzene rings is 1. The molecule has 0 saturated carbocycles. The van der Waals surface area contributed by atoms with Crippen LogP contribution in [0, 0.1) is 18.8 Å². The molecule has 1 amide bonds. The number of rotatable bonds is 3. The van der Waals surface area contributed by atoms with Crippen LogP contribution in [0.5, 0.6) is 0 Å². The van der Waals surface area contributed by atoms with Crippen molar-refractivity contribution >= 4 is 11.6 Å². The maximum Gasteiger partial charge on any atom is 0.275 e. The molecule has 106 valence electrons. The fourth-order valence-electron chi connectivity index (χ4n) is 1.71. The smallest absolute Gasteiger partial charge is 0.275 e. The molecule has 5 nitrogen and oxygen atoms in total. The highest BCUT2D eigenvalue weighted by Gasteiger charge is 2.07. The molecule has 21 heavy (non-hydrogen) atoms. The van der Waals surface area contributed by atoms with Gasteiger partial charge in [0.15, 0.2) is 0 Å². The van der Waals surface area contributed by atoms with Crippen LogP contribution in [0.2, 0.25) is 0 Å². The summed E-state index contributed by atoms with van der Waals surface area (Å²) >= 11 is 0. The molecule has 5 heteroatoms. The lowest BCUT2D eigenvalue weighted by molar-refractivity contribution is 0.102.